The number of amides is 2. The van der Waals surface area contributed by atoms with Crippen molar-refractivity contribution >= 4 is 34.9 Å². The maximum Gasteiger partial charge on any atom is 0.224 e. The number of hydrogen-bond acceptors (Lipinski definition) is 7. The summed E-state index contributed by atoms with van der Waals surface area (Å²) in [6.07, 6.45) is 1.95. The number of aryl methyl sites for hydroxylation is 1. The minimum atomic E-state index is -0.113. The molecule has 7 nitrogen and oxygen atoms in total. The van der Waals surface area contributed by atoms with E-state index in [1.54, 1.807) is 35.1 Å². The molecule has 1 atom stereocenters. The van der Waals surface area contributed by atoms with Gasteiger partial charge in [-0.25, -0.2) is 0 Å². The third kappa shape index (κ3) is 6.03. The number of piperidine rings is 1. The molecule has 1 aromatic rings. The molecule has 1 aliphatic rings. The highest BCUT2D eigenvalue weighted by atomic mass is 32.2. The Bertz CT molecular complexity index is 553. The first-order valence-corrected chi connectivity index (χ1v) is 9.87. The van der Waals surface area contributed by atoms with Gasteiger partial charge in [0.1, 0.15) is 5.01 Å². The van der Waals surface area contributed by atoms with Gasteiger partial charge in [-0.1, -0.05) is 23.1 Å². The minimum absolute atomic E-state index is 0.0432. The lowest BCUT2D eigenvalue weighted by molar-refractivity contribution is -0.138. The summed E-state index contributed by atoms with van der Waals surface area (Å²) in [5.41, 5.74) is 0. The van der Waals surface area contributed by atoms with Gasteiger partial charge < -0.3 is 15.0 Å². The number of nitrogens with one attached hydrogen (secondary N) is 1. The Morgan fingerprint density at radius 3 is 3.04 bits per heavy atom. The number of thioether (sulfide) groups is 1. The number of ether oxygens (including phenoxy) is 1. The molecular weight excluding hydrogens is 348 g/mol. The number of methoxy groups -OCH3 is 1. The fourth-order valence-corrected chi connectivity index (χ4v) is 4.30. The summed E-state index contributed by atoms with van der Waals surface area (Å²) in [6.45, 7) is 4.13. The molecule has 1 aliphatic heterocycles. The van der Waals surface area contributed by atoms with E-state index in [0.29, 0.717) is 39.1 Å². The molecule has 1 fully saturated rings. The molecular formula is C15H24N4O3S2. The number of rotatable bonds is 9. The average Bonchev–Trinajstić information content (AvgIpc) is 2.99. The maximum absolute atomic E-state index is 12.3. The Morgan fingerprint density at radius 1 is 1.50 bits per heavy atom. The molecule has 0 radical (unpaired) electrons. The summed E-state index contributed by atoms with van der Waals surface area (Å²) < 4.78 is 5.98. The lowest BCUT2D eigenvalue weighted by Gasteiger charge is -2.31. The molecule has 0 bridgehead atoms. The van der Waals surface area contributed by atoms with Gasteiger partial charge in [-0.05, 0) is 19.8 Å². The van der Waals surface area contributed by atoms with Gasteiger partial charge in [0.05, 0.1) is 12.5 Å². The van der Waals surface area contributed by atoms with E-state index in [4.69, 9.17) is 4.74 Å². The average molecular weight is 373 g/mol. The van der Waals surface area contributed by atoms with Crippen molar-refractivity contribution in [3.05, 3.63) is 5.01 Å². The van der Waals surface area contributed by atoms with Crippen molar-refractivity contribution in [2.24, 2.45) is 5.92 Å². The molecule has 0 saturated carbocycles. The molecule has 0 spiro atoms. The van der Waals surface area contributed by atoms with Gasteiger partial charge in [0.2, 0.25) is 11.8 Å². The normalized spacial score (nSPS) is 18.0. The van der Waals surface area contributed by atoms with Crippen LogP contribution in [0.4, 0.5) is 0 Å². The van der Waals surface area contributed by atoms with Crippen LogP contribution in [-0.2, 0) is 14.3 Å². The van der Waals surface area contributed by atoms with Crippen molar-refractivity contribution in [2.75, 3.05) is 39.1 Å². The van der Waals surface area contributed by atoms with Crippen molar-refractivity contribution < 1.29 is 14.3 Å². The summed E-state index contributed by atoms with van der Waals surface area (Å²) in [7, 11) is 1.61. The van der Waals surface area contributed by atoms with Crippen molar-refractivity contribution in [2.45, 2.75) is 30.5 Å². The predicted octanol–water partition coefficient (Wildman–Crippen LogP) is 1.33. The van der Waals surface area contributed by atoms with E-state index in [1.807, 2.05) is 6.92 Å². The number of carbonyl (C=O) groups excluding carboxylic acids is 2. The van der Waals surface area contributed by atoms with Crippen LogP contribution in [0.25, 0.3) is 0 Å². The molecule has 2 rings (SSSR count). The van der Waals surface area contributed by atoms with Crippen LogP contribution in [0, 0.1) is 12.8 Å². The molecule has 1 aromatic heterocycles. The predicted molar refractivity (Wildman–Crippen MR) is 94.2 cm³/mol. The van der Waals surface area contributed by atoms with Crippen LogP contribution < -0.4 is 5.32 Å². The van der Waals surface area contributed by atoms with Gasteiger partial charge in [0, 0.05) is 38.9 Å². The van der Waals surface area contributed by atoms with Crippen molar-refractivity contribution in [3.63, 3.8) is 0 Å². The summed E-state index contributed by atoms with van der Waals surface area (Å²) in [4.78, 5) is 25.8. The van der Waals surface area contributed by atoms with Gasteiger partial charge in [-0.15, -0.1) is 10.2 Å². The van der Waals surface area contributed by atoms with Crippen LogP contribution in [0.15, 0.2) is 4.34 Å². The summed E-state index contributed by atoms with van der Waals surface area (Å²) in [5, 5.41) is 12.0. The number of likely N-dealkylation sites (tertiary alicyclic amines) is 1. The van der Waals surface area contributed by atoms with Gasteiger partial charge in [0.25, 0.3) is 0 Å². The zero-order valence-electron chi connectivity index (χ0n) is 14.1. The minimum Gasteiger partial charge on any atom is -0.383 e. The van der Waals surface area contributed by atoms with E-state index in [2.05, 4.69) is 15.5 Å². The Kier molecular flexibility index (Phi) is 7.93. The molecule has 24 heavy (non-hydrogen) atoms. The SMILES string of the molecule is COCCN1CC(C(=O)NCCCSc2nnc(C)s2)CCC1=O. The fourth-order valence-electron chi connectivity index (χ4n) is 2.47. The van der Waals surface area contributed by atoms with Crippen LogP contribution in [-0.4, -0.2) is 66.0 Å². The second-order valence-corrected chi connectivity index (χ2v) is 8.17. The first kappa shape index (κ1) is 19.1. The second-order valence-electron chi connectivity index (χ2n) is 5.65. The number of aromatic nitrogens is 2. The summed E-state index contributed by atoms with van der Waals surface area (Å²) in [5.74, 6) is 0.942. The zero-order valence-corrected chi connectivity index (χ0v) is 15.8. The third-order valence-corrected chi connectivity index (χ3v) is 5.85. The largest absolute Gasteiger partial charge is 0.383 e. The molecule has 2 amide bonds. The van der Waals surface area contributed by atoms with E-state index in [9.17, 15) is 9.59 Å². The molecule has 0 aliphatic carbocycles. The first-order valence-electron chi connectivity index (χ1n) is 8.07. The standard InChI is InChI=1S/C15H24N4O3S2/c1-11-17-18-15(24-11)23-9-3-6-16-14(21)12-4-5-13(20)19(10-12)7-8-22-2/h12H,3-10H2,1-2H3,(H,16,21). The van der Waals surface area contributed by atoms with Crippen LogP contribution >= 0.6 is 23.1 Å². The quantitative estimate of drug-likeness (QED) is 0.520. The van der Waals surface area contributed by atoms with E-state index in [0.717, 1.165) is 21.5 Å². The molecule has 9 heteroatoms. The highest BCUT2D eigenvalue weighted by Crippen LogP contribution is 2.22. The Morgan fingerprint density at radius 2 is 2.33 bits per heavy atom. The first-order chi connectivity index (χ1) is 11.6. The molecule has 1 unspecified atom stereocenters. The third-order valence-electron chi connectivity index (χ3n) is 3.79. The molecule has 134 valence electrons. The Balaban J connectivity index is 1.63. The number of carbonyl (C=O) groups is 2. The fraction of sp³-hybridized carbons (Fsp3) is 0.733. The summed E-state index contributed by atoms with van der Waals surface area (Å²) >= 11 is 3.25. The highest BCUT2D eigenvalue weighted by molar-refractivity contribution is 8.01. The lowest BCUT2D eigenvalue weighted by atomic mass is 9.96. The second kappa shape index (κ2) is 9.95. The Labute approximate surface area is 150 Å². The lowest BCUT2D eigenvalue weighted by Crippen LogP contribution is -2.46. The van der Waals surface area contributed by atoms with Crippen molar-refractivity contribution in [1.82, 2.24) is 20.4 Å². The summed E-state index contributed by atoms with van der Waals surface area (Å²) in [6, 6.07) is 0. The van der Waals surface area contributed by atoms with Gasteiger partial charge >= 0.3 is 0 Å². The van der Waals surface area contributed by atoms with Crippen molar-refractivity contribution in [1.29, 1.82) is 0 Å². The van der Waals surface area contributed by atoms with Crippen LogP contribution in [0.3, 0.4) is 0 Å². The van der Waals surface area contributed by atoms with E-state index < -0.39 is 0 Å². The number of hydrogen-bond donors (Lipinski definition) is 1. The van der Waals surface area contributed by atoms with E-state index in [-0.39, 0.29) is 17.7 Å². The van der Waals surface area contributed by atoms with E-state index in [1.165, 1.54) is 0 Å². The van der Waals surface area contributed by atoms with Crippen LogP contribution in [0.2, 0.25) is 0 Å². The van der Waals surface area contributed by atoms with E-state index >= 15 is 0 Å². The molecule has 0 aromatic carbocycles. The van der Waals surface area contributed by atoms with Gasteiger partial charge in [-0.2, -0.15) is 0 Å². The highest BCUT2D eigenvalue weighted by Gasteiger charge is 2.29. The zero-order chi connectivity index (χ0) is 17.4. The smallest absolute Gasteiger partial charge is 0.224 e. The van der Waals surface area contributed by atoms with Crippen LogP contribution in [0.5, 0.6) is 0 Å². The number of nitrogens with zero attached hydrogens (tertiary/aromatic N) is 3. The van der Waals surface area contributed by atoms with Crippen LogP contribution in [0.1, 0.15) is 24.3 Å². The monoisotopic (exact) mass is 372 g/mol. The maximum atomic E-state index is 12.3. The molecule has 1 saturated heterocycles. The molecule has 1 N–H and O–H groups in total. The topological polar surface area (TPSA) is 84.4 Å². The van der Waals surface area contributed by atoms with Gasteiger partial charge in [-0.3, -0.25) is 9.59 Å². The van der Waals surface area contributed by atoms with Gasteiger partial charge in [0.15, 0.2) is 4.34 Å². The Hall–Kier alpha value is -1.19. The van der Waals surface area contributed by atoms with Crippen molar-refractivity contribution in [3.8, 4) is 0 Å². The molecule has 2 heterocycles.